The van der Waals surface area contributed by atoms with Crippen molar-refractivity contribution in [3.63, 3.8) is 0 Å². The highest BCUT2D eigenvalue weighted by Crippen LogP contribution is 2.39. The zero-order valence-electron chi connectivity index (χ0n) is 10.6. The molecule has 90 valence electrons. The van der Waals surface area contributed by atoms with Gasteiger partial charge in [-0.05, 0) is 39.4 Å². The van der Waals surface area contributed by atoms with Crippen LogP contribution in [-0.4, -0.2) is 29.0 Å². The summed E-state index contributed by atoms with van der Waals surface area (Å²) in [5.74, 6) is 0.604. The molecule has 17 heavy (non-hydrogen) atoms. The van der Waals surface area contributed by atoms with Crippen LogP contribution in [0.4, 0.5) is 0 Å². The Bertz CT molecular complexity index is 511. The van der Waals surface area contributed by atoms with Crippen LogP contribution in [0.5, 0.6) is 0 Å². The second-order valence-corrected chi connectivity index (χ2v) is 6.68. The number of benzene rings is 1. The number of likely N-dealkylation sites (tertiary alicyclic amines) is 1. The van der Waals surface area contributed by atoms with Gasteiger partial charge in [0, 0.05) is 18.0 Å². The molecule has 1 aliphatic rings. The van der Waals surface area contributed by atoms with E-state index in [4.69, 9.17) is 4.98 Å². The van der Waals surface area contributed by atoms with E-state index in [2.05, 4.69) is 50.1 Å². The Hall–Kier alpha value is -0.930. The van der Waals surface area contributed by atoms with Gasteiger partial charge in [-0.25, -0.2) is 4.98 Å². The quantitative estimate of drug-likeness (QED) is 0.765. The van der Waals surface area contributed by atoms with Crippen molar-refractivity contribution in [2.24, 2.45) is 0 Å². The molecule has 0 amide bonds. The summed E-state index contributed by atoms with van der Waals surface area (Å²) >= 11 is 1.86. The zero-order chi connectivity index (χ0) is 12.0. The number of aromatic nitrogens is 1. The molecule has 3 heteroatoms. The van der Waals surface area contributed by atoms with Crippen LogP contribution in [0.25, 0.3) is 10.2 Å². The maximum atomic E-state index is 4.79. The van der Waals surface area contributed by atoms with Gasteiger partial charge in [0.2, 0.25) is 0 Å². The van der Waals surface area contributed by atoms with Gasteiger partial charge >= 0.3 is 0 Å². The lowest BCUT2D eigenvalue weighted by molar-refractivity contribution is 0.218. The van der Waals surface area contributed by atoms with Gasteiger partial charge in [-0.3, -0.25) is 0 Å². The highest BCUT2D eigenvalue weighted by atomic mass is 32.1. The third-order valence-corrected chi connectivity index (χ3v) is 5.13. The summed E-state index contributed by atoms with van der Waals surface area (Å²) < 4.78 is 1.31. The maximum Gasteiger partial charge on any atom is 0.0983 e. The predicted octanol–water partition coefficient (Wildman–Crippen LogP) is 3.49. The molecule has 1 fully saturated rings. The summed E-state index contributed by atoms with van der Waals surface area (Å²) in [7, 11) is 2.22. The van der Waals surface area contributed by atoms with E-state index in [0.29, 0.717) is 11.5 Å². The molecule has 1 aromatic carbocycles. The summed E-state index contributed by atoms with van der Waals surface area (Å²) in [5.41, 5.74) is 1.46. The number of likely N-dealkylation sites (N-methyl/N-ethyl adjacent to an activating group) is 1. The normalized spacial score (nSPS) is 24.5. The predicted molar refractivity (Wildman–Crippen MR) is 73.7 cm³/mol. The molecule has 0 spiro atoms. The Morgan fingerprint density at radius 2 is 2.12 bits per heavy atom. The van der Waals surface area contributed by atoms with E-state index in [0.717, 1.165) is 12.1 Å². The van der Waals surface area contributed by atoms with Crippen molar-refractivity contribution >= 4 is 21.6 Å². The van der Waals surface area contributed by atoms with E-state index in [1.165, 1.54) is 16.1 Å². The molecule has 1 saturated heterocycles. The lowest BCUT2D eigenvalue weighted by atomic mass is 9.97. The molecule has 2 nitrogen and oxygen atoms in total. The number of thiazole rings is 1. The van der Waals surface area contributed by atoms with Gasteiger partial charge in [0.05, 0.1) is 15.2 Å². The number of hydrogen-bond acceptors (Lipinski definition) is 3. The summed E-state index contributed by atoms with van der Waals surface area (Å²) in [6.45, 7) is 5.77. The van der Waals surface area contributed by atoms with Crippen LogP contribution in [0, 0.1) is 0 Å². The summed E-state index contributed by atoms with van der Waals surface area (Å²) in [5, 5.41) is 1.31. The molecule has 2 heterocycles. The molecular formula is C14H18N2S. The topological polar surface area (TPSA) is 16.1 Å². The van der Waals surface area contributed by atoms with Crippen molar-refractivity contribution in [1.82, 2.24) is 9.88 Å². The second kappa shape index (κ2) is 3.79. The molecule has 3 rings (SSSR count). The molecule has 0 radical (unpaired) electrons. The molecule has 0 bridgehead atoms. The number of fused-ring (bicyclic) bond motifs is 1. The number of hydrogen-bond donors (Lipinski definition) is 0. The Morgan fingerprint density at radius 1 is 1.35 bits per heavy atom. The van der Waals surface area contributed by atoms with Crippen LogP contribution in [0.1, 0.15) is 31.2 Å². The lowest BCUT2D eigenvalue weighted by Crippen LogP contribution is -2.34. The monoisotopic (exact) mass is 246 g/mol. The number of nitrogens with zero attached hydrogens (tertiary/aromatic N) is 2. The fourth-order valence-electron chi connectivity index (χ4n) is 2.63. The third kappa shape index (κ3) is 1.87. The first kappa shape index (κ1) is 11.2. The van der Waals surface area contributed by atoms with Crippen molar-refractivity contribution < 1.29 is 0 Å². The van der Waals surface area contributed by atoms with E-state index in [1.807, 2.05) is 11.3 Å². The van der Waals surface area contributed by atoms with Gasteiger partial charge in [0.15, 0.2) is 0 Å². The maximum absolute atomic E-state index is 4.79. The van der Waals surface area contributed by atoms with E-state index < -0.39 is 0 Å². The Labute approximate surface area is 106 Å². The fraction of sp³-hybridized carbons (Fsp3) is 0.500. The molecular weight excluding hydrogens is 228 g/mol. The van der Waals surface area contributed by atoms with Crippen LogP contribution >= 0.6 is 11.3 Å². The molecule has 1 aliphatic heterocycles. The molecule has 1 atom stereocenters. The van der Waals surface area contributed by atoms with Crippen LogP contribution in [0.3, 0.4) is 0 Å². The summed E-state index contributed by atoms with van der Waals surface area (Å²) in [4.78, 5) is 7.23. The fourth-order valence-corrected chi connectivity index (χ4v) is 3.69. The van der Waals surface area contributed by atoms with E-state index in [-0.39, 0.29) is 0 Å². The average Bonchev–Trinajstić information content (AvgIpc) is 2.80. The molecule has 0 N–H and O–H groups in total. The van der Waals surface area contributed by atoms with E-state index >= 15 is 0 Å². The van der Waals surface area contributed by atoms with Gasteiger partial charge in [-0.1, -0.05) is 12.1 Å². The first-order valence-electron chi connectivity index (χ1n) is 6.13. The first-order chi connectivity index (χ1) is 8.06. The number of para-hydroxylation sites is 1. The molecule has 1 unspecified atom stereocenters. The van der Waals surface area contributed by atoms with Crippen molar-refractivity contribution in [1.29, 1.82) is 0 Å². The van der Waals surface area contributed by atoms with Crippen LogP contribution < -0.4 is 0 Å². The van der Waals surface area contributed by atoms with Crippen LogP contribution in [-0.2, 0) is 0 Å². The van der Waals surface area contributed by atoms with E-state index in [1.54, 1.807) is 0 Å². The smallest absolute Gasteiger partial charge is 0.0983 e. The summed E-state index contributed by atoms with van der Waals surface area (Å²) in [6.07, 6.45) is 1.21. The van der Waals surface area contributed by atoms with Crippen LogP contribution in [0.2, 0.25) is 0 Å². The largest absolute Gasteiger partial charge is 0.301 e. The van der Waals surface area contributed by atoms with Crippen molar-refractivity contribution in [3.05, 3.63) is 29.3 Å². The SMILES string of the molecule is CN1CC(c2nc3ccccc3s2)CC1(C)C. The minimum atomic E-state index is 0.308. The molecule has 0 aliphatic carbocycles. The minimum Gasteiger partial charge on any atom is -0.301 e. The first-order valence-corrected chi connectivity index (χ1v) is 6.95. The van der Waals surface area contributed by atoms with Crippen molar-refractivity contribution in [2.45, 2.75) is 31.7 Å². The second-order valence-electron chi connectivity index (χ2n) is 5.61. The Morgan fingerprint density at radius 3 is 2.76 bits per heavy atom. The molecule has 2 aromatic rings. The third-order valence-electron chi connectivity index (χ3n) is 3.93. The van der Waals surface area contributed by atoms with Crippen molar-refractivity contribution in [2.75, 3.05) is 13.6 Å². The van der Waals surface area contributed by atoms with Gasteiger partial charge < -0.3 is 4.90 Å². The lowest BCUT2D eigenvalue weighted by Gasteiger charge is -2.26. The Kier molecular flexibility index (Phi) is 2.49. The van der Waals surface area contributed by atoms with Gasteiger partial charge in [0.25, 0.3) is 0 Å². The van der Waals surface area contributed by atoms with Gasteiger partial charge in [-0.2, -0.15) is 0 Å². The minimum absolute atomic E-state index is 0.308. The zero-order valence-corrected chi connectivity index (χ0v) is 11.4. The molecule has 0 saturated carbocycles. The highest BCUT2D eigenvalue weighted by Gasteiger charge is 2.37. The standard InChI is InChI=1S/C14H18N2S/c1-14(2)8-10(9-16(14)3)13-15-11-6-4-5-7-12(11)17-13/h4-7,10H,8-9H2,1-3H3. The molecule has 1 aromatic heterocycles. The van der Waals surface area contributed by atoms with Crippen molar-refractivity contribution in [3.8, 4) is 0 Å². The van der Waals surface area contributed by atoms with E-state index in [9.17, 15) is 0 Å². The van der Waals surface area contributed by atoms with Gasteiger partial charge in [0.1, 0.15) is 0 Å². The van der Waals surface area contributed by atoms with Crippen LogP contribution in [0.15, 0.2) is 24.3 Å². The Balaban J connectivity index is 1.95. The number of rotatable bonds is 1. The van der Waals surface area contributed by atoms with Gasteiger partial charge in [-0.15, -0.1) is 11.3 Å². The highest BCUT2D eigenvalue weighted by molar-refractivity contribution is 7.18. The average molecular weight is 246 g/mol. The summed E-state index contributed by atoms with van der Waals surface area (Å²) in [6, 6.07) is 8.44.